The maximum absolute atomic E-state index is 12.1. The van der Waals surface area contributed by atoms with E-state index in [1.807, 2.05) is 0 Å². The number of carbonyl (C=O) groups excluding carboxylic acids is 2. The molecule has 1 atom stereocenters. The molecular weight excluding hydrogens is 286 g/mol. The highest BCUT2D eigenvalue weighted by Crippen LogP contribution is 2.05. The number of rotatable bonds is 3. The molecule has 22 heavy (non-hydrogen) atoms. The Kier molecular flexibility index (Phi) is 3.90. The molecule has 3 rings (SSSR count). The minimum Gasteiger partial charge on any atom is -0.354 e. The second-order valence-corrected chi connectivity index (χ2v) is 5.28. The number of carbonyl (C=O) groups is 2. The Morgan fingerprint density at radius 2 is 2.23 bits per heavy atom. The van der Waals surface area contributed by atoms with Crippen LogP contribution in [0, 0.1) is 0 Å². The van der Waals surface area contributed by atoms with Crippen molar-refractivity contribution in [3.05, 3.63) is 34.9 Å². The van der Waals surface area contributed by atoms with Crippen molar-refractivity contribution >= 4 is 17.5 Å². The molecule has 3 heterocycles. The first-order valence-corrected chi connectivity index (χ1v) is 7.26. The highest BCUT2D eigenvalue weighted by atomic mass is 16.2. The smallest absolute Gasteiger partial charge is 0.350 e. The van der Waals surface area contributed by atoms with E-state index in [4.69, 9.17) is 0 Å². The van der Waals surface area contributed by atoms with Crippen LogP contribution < -0.4 is 16.3 Å². The first kappa shape index (κ1) is 14.3. The van der Waals surface area contributed by atoms with Crippen LogP contribution in [0.4, 0.5) is 0 Å². The number of hydrogen-bond donors (Lipinski definition) is 2. The highest BCUT2D eigenvalue weighted by molar-refractivity contribution is 5.87. The van der Waals surface area contributed by atoms with Gasteiger partial charge in [0.05, 0.1) is 0 Å². The van der Waals surface area contributed by atoms with Crippen molar-refractivity contribution in [2.45, 2.75) is 31.8 Å². The average Bonchev–Trinajstić information content (AvgIpc) is 2.67. The predicted octanol–water partition coefficient (Wildman–Crippen LogP) is -0.719. The van der Waals surface area contributed by atoms with Gasteiger partial charge in [-0.05, 0) is 31.4 Å². The van der Waals surface area contributed by atoms with Gasteiger partial charge < -0.3 is 10.6 Å². The van der Waals surface area contributed by atoms with E-state index < -0.39 is 11.9 Å². The molecule has 0 aromatic carbocycles. The van der Waals surface area contributed by atoms with E-state index in [0.29, 0.717) is 18.6 Å². The normalized spacial score (nSPS) is 18.7. The Bertz CT molecular complexity index is 763. The molecule has 2 amide bonds. The SMILES string of the molecule is O=C(Cn1nc2ccccn2c1=O)N[C@@H]1CCCCNC1=O. The van der Waals surface area contributed by atoms with Gasteiger partial charge in [-0.1, -0.05) is 6.07 Å². The summed E-state index contributed by atoms with van der Waals surface area (Å²) in [4.78, 5) is 35.9. The molecule has 0 saturated carbocycles. The third-order valence-electron chi connectivity index (χ3n) is 3.65. The van der Waals surface area contributed by atoms with Crippen LogP contribution in [0.3, 0.4) is 0 Å². The summed E-state index contributed by atoms with van der Waals surface area (Å²) < 4.78 is 2.46. The molecule has 0 radical (unpaired) electrons. The summed E-state index contributed by atoms with van der Waals surface area (Å²) >= 11 is 0. The maximum atomic E-state index is 12.1. The zero-order valence-electron chi connectivity index (χ0n) is 12.0. The van der Waals surface area contributed by atoms with E-state index in [9.17, 15) is 14.4 Å². The molecule has 116 valence electrons. The lowest BCUT2D eigenvalue weighted by Crippen LogP contribution is -2.47. The van der Waals surface area contributed by atoms with Crippen molar-refractivity contribution in [2.24, 2.45) is 0 Å². The van der Waals surface area contributed by atoms with Crippen LogP contribution in [-0.2, 0) is 16.1 Å². The lowest BCUT2D eigenvalue weighted by atomic mass is 10.1. The zero-order valence-corrected chi connectivity index (χ0v) is 12.0. The van der Waals surface area contributed by atoms with Gasteiger partial charge >= 0.3 is 5.69 Å². The molecule has 2 aromatic heterocycles. The van der Waals surface area contributed by atoms with Crippen LogP contribution >= 0.6 is 0 Å². The molecule has 0 aliphatic carbocycles. The first-order chi connectivity index (χ1) is 10.6. The number of fused-ring (bicyclic) bond motifs is 1. The van der Waals surface area contributed by atoms with Crippen molar-refractivity contribution in [1.29, 1.82) is 0 Å². The van der Waals surface area contributed by atoms with E-state index in [1.165, 1.54) is 4.40 Å². The van der Waals surface area contributed by atoms with Gasteiger partial charge in [-0.25, -0.2) is 9.48 Å². The molecule has 2 N–H and O–H groups in total. The second kappa shape index (κ2) is 6.00. The van der Waals surface area contributed by atoms with Crippen molar-refractivity contribution < 1.29 is 9.59 Å². The molecule has 8 nitrogen and oxygen atoms in total. The Hall–Kier alpha value is -2.64. The third kappa shape index (κ3) is 2.85. The maximum Gasteiger partial charge on any atom is 0.350 e. The molecule has 1 aliphatic rings. The van der Waals surface area contributed by atoms with Crippen LogP contribution in [0.2, 0.25) is 0 Å². The largest absolute Gasteiger partial charge is 0.354 e. The Balaban J connectivity index is 1.71. The van der Waals surface area contributed by atoms with Crippen molar-refractivity contribution in [1.82, 2.24) is 24.8 Å². The van der Waals surface area contributed by atoms with Crippen molar-refractivity contribution in [3.63, 3.8) is 0 Å². The van der Waals surface area contributed by atoms with Gasteiger partial charge in [0.25, 0.3) is 0 Å². The van der Waals surface area contributed by atoms with E-state index in [-0.39, 0.29) is 18.1 Å². The van der Waals surface area contributed by atoms with Gasteiger partial charge in [0.2, 0.25) is 11.8 Å². The number of aromatic nitrogens is 3. The van der Waals surface area contributed by atoms with Crippen LogP contribution in [0.5, 0.6) is 0 Å². The van der Waals surface area contributed by atoms with E-state index in [0.717, 1.165) is 17.5 Å². The lowest BCUT2D eigenvalue weighted by Gasteiger charge is -2.14. The van der Waals surface area contributed by atoms with Crippen LogP contribution in [0.1, 0.15) is 19.3 Å². The predicted molar refractivity (Wildman–Crippen MR) is 78.2 cm³/mol. The van der Waals surface area contributed by atoms with Crippen molar-refractivity contribution in [2.75, 3.05) is 6.54 Å². The zero-order chi connectivity index (χ0) is 15.5. The van der Waals surface area contributed by atoms with Crippen LogP contribution in [-0.4, -0.2) is 38.6 Å². The second-order valence-electron chi connectivity index (χ2n) is 5.28. The number of hydrogen-bond acceptors (Lipinski definition) is 4. The minimum atomic E-state index is -0.539. The number of nitrogens with one attached hydrogen (secondary N) is 2. The Labute approximate surface area is 126 Å². The molecule has 2 aromatic rings. The van der Waals surface area contributed by atoms with E-state index >= 15 is 0 Å². The molecule has 0 bridgehead atoms. The van der Waals surface area contributed by atoms with E-state index in [2.05, 4.69) is 15.7 Å². The van der Waals surface area contributed by atoms with Crippen molar-refractivity contribution in [3.8, 4) is 0 Å². The topological polar surface area (TPSA) is 97.5 Å². The standard InChI is InChI=1S/C14H17N5O3/c20-12(16-10-5-1-3-7-15-13(10)21)9-19-14(22)18-8-4-2-6-11(18)17-19/h2,4,6,8,10H,1,3,5,7,9H2,(H,15,21)(H,16,20)/t10-/m1/s1. The third-order valence-corrected chi connectivity index (χ3v) is 3.65. The van der Waals surface area contributed by atoms with Gasteiger partial charge in [-0.2, -0.15) is 0 Å². The fourth-order valence-corrected chi connectivity index (χ4v) is 2.52. The molecule has 8 heteroatoms. The number of amides is 2. The van der Waals surface area contributed by atoms with E-state index in [1.54, 1.807) is 24.4 Å². The number of pyridine rings is 1. The summed E-state index contributed by atoms with van der Waals surface area (Å²) in [5.74, 6) is -0.569. The van der Waals surface area contributed by atoms with Gasteiger partial charge in [-0.3, -0.25) is 14.0 Å². The molecule has 1 saturated heterocycles. The summed E-state index contributed by atoms with van der Waals surface area (Å²) in [7, 11) is 0. The molecule has 0 unspecified atom stereocenters. The summed E-state index contributed by atoms with van der Waals surface area (Å²) in [6.45, 7) is 0.432. The summed E-state index contributed by atoms with van der Waals surface area (Å²) in [6, 6.07) is 4.63. The molecular formula is C14H17N5O3. The van der Waals surface area contributed by atoms with Gasteiger partial charge in [0.15, 0.2) is 5.65 Å². The fraction of sp³-hybridized carbons (Fsp3) is 0.429. The molecule has 1 fully saturated rings. The lowest BCUT2D eigenvalue weighted by molar-refractivity contribution is -0.129. The van der Waals surface area contributed by atoms with Crippen LogP contribution in [0.25, 0.3) is 5.65 Å². The summed E-state index contributed by atoms with van der Waals surface area (Å²) in [6.07, 6.45) is 3.98. The van der Waals surface area contributed by atoms with Gasteiger partial charge in [-0.15, -0.1) is 5.10 Å². The Morgan fingerprint density at radius 3 is 3.05 bits per heavy atom. The quantitative estimate of drug-likeness (QED) is 0.782. The van der Waals surface area contributed by atoms with Crippen LogP contribution in [0.15, 0.2) is 29.2 Å². The Morgan fingerprint density at radius 1 is 1.36 bits per heavy atom. The summed E-state index contributed by atoms with van der Waals surface area (Å²) in [5, 5.41) is 9.51. The number of nitrogens with zero attached hydrogens (tertiary/aromatic N) is 3. The first-order valence-electron chi connectivity index (χ1n) is 7.26. The fourth-order valence-electron chi connectivity index (χ4n) is 2.52. The average molecular weight is 303 g/mol. The summed E-state index contributed by atoms with van der Waals surface area (Å²) in [5.41, 5.74) is 0.101. The minimum absolute atomic E-state index is 0.173. The molecule has 1 aliphatic heterocycles. The van der Waals surface area contributed by atoms with Gasteiger partial charge in [0.1, 0.15) is 12.6 Å². The molecule has 0 spiro atoms. The monoisotopic (exact) mass is 303 g/mol. The highest BCUT2D eigenvalue weighted by Gasteiger charge is 2.22. The van der Waals surface area contributed by atoms with Gasteiger partial charge in [0, 0.05) is 12.7 Å².